The van der Waals surface area contributed by atoms with Crippen molar-refractivity contribution in [2.75, 3.05) is 6.61 Å². The molecule has 0 bridgehead atoms. The normalized spacial score (nSPS) is 14.4. The molecule has 0 aliphatic rings. The fourth-order valence-corrected chi connectivity index (χ4v) is 2.70. The van der Waals surface area contributed by atoms with Gasteiger partial charge in [-0.05, 0) is 37.5 Å². The van der Waals surface area contributed by atoms with E-state index in [1.165, 1.54) is 0 Å². The van der Waals surface area contributed by atoms with Crippen LogP contribution in [-0.4, -0.2) is 18.8 Å². The van der Waals surface area contributed by atoms with Crippen LogP contribution in [0.2, 0.25) is 10.0 Å². The van der Waals surface area contributed by atoms with Crippen molar-refractivity contribution in [1.82, 2.24) is 5.43 Å². The molecule has 0 saturated carbocycles. The summed E-state index contributed by atoms with van der Waals surface area (Å²) in [5.74, 6) is 5.67. The molecule has 2 unspecified atom stereocenters. The summed E-state index contributed by atoms with van der Waals surface area (Å²) in [6, 6.07) is 5.51. The first-order valence-electron chi connectivity index (χ1n) is 6.64. The third kappa shape index (κ3) is 4.93. The van der Waals surface area contributed by atoms with Crippen LogP contribution in [0.3, 0.4) is 0 Å². The largest absolute Gasteiger partial charge is 0.377 e. The van der Waals surface area contributed by atoms with Gasteiger partial charge in [0, 0.05) is 16.7 Å². The van der Waals surface area contributed by atoms with Crippen molar-refractivity contribution in [3.8, 4) is 0 Å². The van der Waals surface area contributed by atoms with Gasteiger partial charge in [0.05, 0.1) is 12.1 Å². The van der Waals surface area contributed by atoms with Crippen LogP contribution in [0.4, 0.5) is 0 Å². The molecule has 1 rings (SSSR count). The van der Waals surface area contributed by atoms with Gasteiger partial charge in [-0.25, -0.2) is 0 Å². The van der Waals surface area contributed by atoms with Gasteiger partial charge in [0.15, 0.2) is 0 Å². The molecule has 0 amide bonds. The van der Waals surface area contributed by atoms with Crippen molar-refractivity contribution in [2.45, 2.75) is 45.3 Å². The summed E-state index contributed by atoms with van der Waals surface area (Å²) in [7, 11) is 0. The Morgan fingerprint density at radius 3 is 2.37 bits per heavy atom. The van der Waals surface area contributed by atoms with E-state index in [0.29, 0.717) is 23.1 Å². The average molecular weight is 305 g/mol. The highest BCUT2D eigenvalue weighted by Crippen LogP contribution is 2.26. The summed E-state index contributed by atoms with van der Waals surface area (Å²) < 4.78 is 5.76. The maximum atomic E-state index is 6.20. The van der Waals surface area contributed by atoms with Gasteiger partial charge >= 0.3 is 0 Å². The highest BCUT2D eigenvalue weighted by atomic mass is 35.5. The molecule has 19 heavy (non-hydrogen) atoms. The van der Waals surface area contributed by atoms with Crippen LogP contribution in [0, 0.1) is 0 Å². The third-order valence-electron chi connectivity index (χ3n) is 3.10. The minimum atomic E-state index is -0.00250. The Hall–Kier alpha value is -0.320. The maximum Gasteiger partial charge on any atom is 0.0744 e. The number of halogens is 2. The van der Waals surface area contributed by atoms with Crippen LogP contribution in [-0.2, 0) is 11.2 Å². The van der Waals surface area contributed by atoms with Crippen LogP contribution in [0.1, 0.15) is 32.3 Å². The molecule has 3 nitrogen and oxygen atoms in total. The summed E-state index contributed by atoms with van der Waals surface area (Å²) in [6.07, 6.45) is 2.70. The summed E-state index contributed by atoms with van der Waals surface area (Å²) in [6.45, 7) is 4.78. The summed E-state index contributed by atoms with van der Waals surface area (Å²) >= 11 is 12.4. The Balaban J connectivity index is 2.85. The van der Waals surface area contributed by atoms with Crippen molar-refractivity contribution >= 4 is 23.2 Å². The van der Waals surface area contributed by atoms with Crippen molar-refractivity contribution < 1.29 is 4.74 Å². The average Bonchev–Trinajstić information content (AvgIpc) is 2.38. The van der Waals surface area contributed by atoms with E-state index < -0.39 is 0 Å². The highest BCUT2D eigenvalue weighted by Gasteiger charge is 2.22. The first kappa shape index (κ1) is 16.7. The second-order valence-electron chi connectivity index (χ2n) is 4.46. The van der Waals surface area contributed by atoms with Gasteiger partial charge in [-0.2, -0.15) is 0 Å². The number of nitrogens with two attached hydrogens (primary N) is 1. The zero-order valence-corrected chi connectivity index (χ0v) is 13.0. The molecule has 0 heterocycles. The van der Waals surface area contributed by atoms with E-state index in [9.17, 15) is 0 Å². The molecule has 0 saturated heterocycles. The van der Waals surface area contributed by atoms with Gasteiger partial charge < -0.3 is 4.74 Å². The summed E-state index contributed by atoms with van der Waals surface area (Å²) in [5, 5.41) is 1.33. The SMILES string of the molecule is CCCC(OCC)C(Cc1c(Cl)cccc1Cl)NN. The van der Waals surface area contributed by atoms with Crippen molar-refractivity contribution in [2.24, 2.45) is 5.84 Å². The van der Waals surface area contributed by atoms with E-state index in [4.69, 9.17) is 33.8 Å². The van der Waals surface area contributed by atoms with Gasteiger partial charge in [-0.1, -0.05) is 42.6 Å². The van der Waals surface area contributed by atoms with Gasteiger partial charge in [0.25, 0.3) is 0 Å². The van der Waals surface area contributed by atoms with Crippen LogP contribution in [0.25, 0.3) is 0 Å². The molecule has 0 radical (unpaired) electrons. The third-order valence-corrected chi connectivity index (χ3v) is 3.81. The van der Waals surface area contributed by atoms with Crippen LogP contribution in [0.5, 0.6) is 0 Å². The number of hydrogen-bond acceptors (Lipinski definition) is 3. The van der Waals surface area contributed by atoms with Crippen LogP contribution >= 0.6 is 23.2 Å². The Labute approximate surface area is 125 Å². The highest BCUT2D eigenvalue weighted by molar-refractivity contribution is 6.36. The molecule has 108 valence electrons. The summed E-state index contributed by atoms with van der Waals surface area (Å²) in [5.41, 5.74) is 3.74. The quantitative estimate of drug-likeness (QED) is 0.570. The zero-order chi connectivity index (χ0) is 14.3. The van der Waals surface area contributed by atoms with Crippen molar-refractivity contribution in [3.63, 3.8) is 0 Å². The second-order valence-corrected chi connectivity index (χ2v) is 5.27. The van der Waals surface area contributed by atoms with Gasteiger partial charge in [-0.3, -0.25) is 11.3 Å². The first-order chi connectivity index (χ1) is 9.13. The van der Waals surface area contributed by atoms with Gasteiger partial charge in [0.2, 0.25) is 0 Å². The predicted molar refractivity (Wildman–Crippen MR) is 81.6 cm³/mol. The predicted octanol–water partition coefficient (Wildman–Crippen LogP) is 3.57. The van der Waals surface area contributed by atoms with Gasteiger partial charge in [-0.15, -0.1) is 0 Å². The van der Waals surface area contributed by atoms with E-state index in [1.54, 1.807) is 0 Å². The monoisotopic (exact) mass is 304 g/mol. The van der Waals surface area contributed by atoms with Crippen LogP contribution in [0.15, 0.2) is 18.2 Å². The van der Waals surface area contributed by atoms with Crippen LogP contribution < -0.4 is 11.3 Å². The first-order valence-corrected chi connectivity index (χ1v) is 7.40. The number of rotatable bonds is 8. The smallest absolute Gasteiger partial charge is 0.0744 e. The number of hydrazine groups is 1. The molecule has 1 aromatic rings. The van der Waals surface area contributed by atoms with Crippen molar-refractivity contribution in [1.29, 1.82) is 0 Å². The number of benzene rings is 1. The fraction of sp³-hybridized carbons (Fsp3) is 0.571. The molecule has 1 aromatic carbocycles. The van der Waals surface area contributed by atoms with E-state index in [0.717, 1.165) is 18.4 Å². The van der Waals surface area contributed by atoms with E-state index in [2.05, 4.69) is 12.3 Å². The topological polar surface area (TPSA) is 47.3 Å². The minimum Gasteiger partial charge on any atom is -0.377 e. The lowest BCUT2D eigenvalue weighted by atomic mass is 9.98. The zero-order valence-electron chi connectivity index (χ0n) is 11.5. The lowest BCUT2D eigenvalue weighted by molar-refractivity contribution is 0.0282. The number of ether oxygens (including phenoxy) is 1. The van der Waals surface area contributed by atoms with Gasteiger partial charge in [0.1, 0.15) is 0 Å². The molecule has 5 heteroatoms. The lowest BCUT2D eigenvalue weighted by Crippen LogP contribution is -2.46. The Bertz CT molecular complexity index is 361. The number of hydrogen-bond donors (Lipinski definition) is 2. The molecule has 2 atom stereocenters. The maximum absolute atomic E-state index is 6.20. The molecule has 0 aliphatic heterocycles. The fourth-order valence-electron chi connectivity index (χ4n) is 2.14. The summed E-state index contributed by atoms with van der Waals surface area (Å²) in [4.78, 5) is 0. The van der Waals surface area contributed by atoms with E-state index >= 15 is 0 Å². The molecule has 0 aliphatic carbocycles. The molecular formula is C14H22Cl2N2O. The molecule has 3 N–H and O–H groups in total. The minimum absolute atomic E-state index is 0.00250. The molecule has 0 fully saturated rings. The standard InChI is InChI=1S/C14H22Cl2N2O/c1-3-6-14(19-4-2)13(18-17)9-10-11(15)7-5-8-12(10)16/h5,7-8,13-14,18H,3-4,6,9,17H2,1-2H3. The second kappa shape index (κ2) is 8.77. The molecular weight excluding hydrogens is 283 g/mol. The Kier molecular flexibility index (Phi) is 7.73. The lowest BCUT2D eigenvalue weighted by Gasteiger charge is -2.27. The van der Waals surface area contributed by atoms with E-state index in [-0.39, 0.29) is 12.1 Å². The molecule has 0 spiro atoms. The Morgan fingerprint density at radius 2 is 1.89 bits per heavy atom. The van der Waals surface area contributed by atoms with E-state index in [1.807, 2.05) is 25.1 Å². The molecule has 0 aromatic heterocycles. The van der Waals surface area contributed by atoms with Crippen molar-refractivity contribution in [3.05, 3.63) is 33.8 Å². The Morgan fingerprint density at radius 1 is 1.26 bits per heavy atom. The number of nitrogens with one attached hydrogen (secondary N) is 1.